The molecule has 172 valence electrons. The third-order valence-corrected chi connectivity index (χ3v) is 5.40. The first-order chi connectivity index (χ1) is 15.4. The van der Waals surface area contributed by atoms with E-state index in [-0.39, 0.29) is 17.6 Å². The molecule has 0 spiro atoms. The molecule has 0 aliphatic rings. The lowest BCUT2D eigenvalue weighted by molar-refractivity contribution is -0.0581. The minimum atomic E-state index is -0.280. The molecule has 32 heavy (non-hydrogen) atoms. The second kappa shape index (κ2) is 13.9. The van der Waals surface area contributed by atoms with Gasteiger partial charge in [0, 0.05) is 23.7 Å². The molecule has 0 amide bonds. The van der Waals surface area contributed by atoms with Crippen molar-refractivity contribution in [3.63, 3.8) is 0 Å². The summed E-state index contributed by atoms with van der Waals surface area (Å²) in [6, 6.07) is 20.6. The van der Waals surface area contributed by atoms with Crippen molar-refractivity contribution < 1.29 is 14.2 Å². The lowest BCUT2D eigenvalue weighted by Gasteiger charge is -2.27. The van der Waals surface area contributed by atoms with Crippen molar-refractivity contribution in [3.8, 4) is 12.3 Å². The highest BCUT2D eigenvalue weighted by Gasteiger charge is 2.20. The van der Waals surface area contributed by atoms with Gasteiger partial charge < -0.3 is 14.2 Å². The van der Waals surface area contributed by atoms with Crippen LogP contribution in [0.25, 0.3) is 0 Å². The van der Waals surface area contributed by atoms with Gasteiger partial charge in [0.25, 0.3) is 0 Å². The Balaban J connectivity index is 1.81. The van der Waals surface area contributed by atoms with Gasteiger partial charge in [0.2, 0.25) is 0 Å². The number of terminal acetylenes is 1. The van der Waals surface area contributed by atoms with Crippen LogP contribution in [0.4, 0.5) is 0 Å². The maximum Gasteiger partial charge on any atom is 0.107 e. The SMILES string of the molecule is C#CCOCC(C)C(C)OCCC(C)(C)OCCN=C(c1ccccc1)c1ccccc1. The quantitative estimate of drug-likeness (QED) is 0.227. The van der Waals surface area contributed by atoms with Gasteiger partial charge in [-0.3, -0.25) is 4.99 Å². The van der Waals surface area contributed by atoms with Gasteiger partial charge >= 0.3 is 0 Å². The molecule has 2 rings (SSSR count). The van der Waals surface area contributed by atoms with E-state index in [1.165, 1.54) is 0 Å². The summed E-state index contributed by atoms with van der Waals surface area (Å²) in [5.41, 5.74) is 2.94. The van der Waals surface area contributed by atoms with Crippen molar-refractivity contribution in [1.82, 2.24) is 0 Å². The normalized spacial score (nSPS) is 13.2. The molecule has 0 aromatic heterocycles. The van der Waals surface area contributed by atoms with E-state index in [0.29, 0.717) is 33.0 Å². The van der Waals surface area contributed by atoms with Gasteiger partial charge in [-0.15, -0.1) is 6.42 Å². The third-order valence-electron chi connectivity index (χ3n) is 5.40. The Morgan fingerprint density at radius 3 is 2.12 bits per heavy atom. The monoisotopic (exact) mass is 435 g/mol. The standard InChI is InChI=1S/C28H37NO3/c1-6-19-30-22-23(2)24(3)31-20-17-28(4,5)32-21-18-29-27(25-13-9-7-10-14-25)26-15-11-8-12-16-26/h1,7-16,23-24H,17-22H2,2-5H3. The molecule has 0 aliphatic carbocycles. The number of benzene rings is 2. The topological polar surface area (TPSA) is 40.0 Å². The van der Waals surface area contributed by atoms with Crippen molar-refractivity contribution in [2.45, 2.75) is 45.8 Å². The predicted octanol–water partition coefficient (Wildman–Crippen LogP) is 5.40. The second-order valence-corrected chi connectivity index (χ2v) is 8.59. The minimum Gasteiger partial charge on any atom is -0.378 e. The number of ether oxygens (including phenoxy) is 3. The first kappa shape index (κ1) is 25.8. The van der Waals surface area contributed by atoms with Crippen molar-refractivity contribution in [1.29, 1.82) is 0 Å². The zero-order valence-electron chi connectivity index (χ0n) is 19.9. The highest BCUT2D eigenvalue weighted by Crippen LogP contribution is 2.17. The summed E-state index contributed by atoms with van der Waals surface area (Å²) in [6.45, 7) is 11.1. The van der Waals surface area contributed by atoms with E-state index in [1.807, 2.05) is 36.4 Å². The summed E-state index contributed by atoms with van der Waals surface area (Å²) < 4.78 is 17.5. The van der Waals surface area contributed by atoms with E-state index >= 15 is 0 Å². The third kappa shape index (κ3) is 9.36. The van der Waals surface area contributed by atoms with E-state index in [4.69, 9.17) is 25.6 Å². The molecular formula is C28H37NO3. The van der Waals surface area contributed by atoms with Gasteiger partial charge in [-0.2, -0.15) is 0 Å². The molecule has 2 aromatic rings. The Morgan fingerprint density at radius 1 is 0.969 bits per heavy atom. The first-order valence-corrected chi connectivity index (χ1v) is 11.3. The van der Waals surface area contributed by atoms with Crippen LogP contribution >= 0.6 is 0 Å². The fourth-order valence-corrected chi connectivity index (χ4v) is 3.19. The molecule has 0 aliphatic heterocycles. The Morgan fingerprint density at radius 2 is 1.56 bits per heavy atom. The molecule has 0 saturated heterocycles. The maximum atomic E-state index is 6.14. The Kier molecular flexibility index (Phi) is 11.2. The van der Waals surface area contributed by atoms with E-state index in [1.54, 1.807) is 0 Å². The largest absolute Gasteiger partial charge is 0.378 e. The minimum absolute atomic E-state index is 0.104. The van der Waals surface area contributed by atoms with E-state index in [9.17, 15) is 0 Å². The van der Waals surface area contributed by atoms with Crippen LogP contribution in [0.1, 0.15) is 45.2 Å². The Labute approximate surface area is 194 Å². The molecule has 2 aromatic carbocycles. The van der Waals surface area contributed by atoms with Crippen LogP contribution in [-0.4, -0.2) is 50.4 Å². The number of hydrogen-bond donors (Lipinski definition) is 0. The summed E-state index contributed by atoms with van der Waals surface area (Å²) >= 11 is 0. The van der Waals surface area contributed by atoms with Crippen LogP contribution in [0.3, 0.4) is 0 Å². The number of aliphatic imine (C=N–C) groups is 1. The molecular weight excluding hydrogens is 398 g/mol. The fourth-order valence-electron chi connectivity index (χ4n) is 3.19. The predicted molar refractivity (Wildman–Crippen MR) is 132 cm³/mol. The lowest BCUT2D eigenvalue weighted by atomic mass is 10.0. The van der Waals surface area contributed by atoms with Crippen molar-refractivity contribution in [2.24, 2.45) is 10.9 Å². The van der Waals surface area contributed by atoms with Gasteiger partial charge in [-0.1, -0.05) is 73.5 Å². The molecule has 0 radical (unpaired) electrons. The van der Waals surface area contributed by atoms with E-state index in [0.717, 1.165) is 23.3 Å². The van der Waals surface area contributed by atoms with Crippen LogP contribution < -0.4 is 0 Å². The van der Waals surface area contributed by atoms with Crippen LogP contribution in [0, 0.1) is 18.3 Å². The highest BCUT2D eigenvalue weighted by molar-refractivity contribution is 6.12. The smallest absolute Gasteiger partial charge is 0.107 e. The van der Waals surface area contributed by atoms with Gasteiger partial charge in [0.1, 0.15) is 6.61 Å². The van der Waals surface area contributed by atoms with Crippen molar-refractivity contribution >= 4 is 5.71 Å². The number of rotatable bonds is 14. The molecule has 0 fully saturated rings. The van der Waals surface area contributed by atoms with Crippen LogP contribution in [-0.2, 0) is 14.2 Å². The summed E-state index contributed by atoms with van der Waals surface area (Å²) in [5, 5.41) is 0. The molecule has 0 saturated carbocycles. The average Bonchev–Trinajstić information content (AvgIpc) is 2.80. The zero-order chi connectivity index (χ0) is 23.2. The van der Waals surface area contributed by atoms with E-state index in [2.05, 4.69) is 57.9 Å². The van der Waals surface area contributed by atoms with Gasteiger partial charge in [-0.05, 0) is 27.2 Å². The highest BCUT2D eigenvalue weighted by atomic mass is 16.5. The van der Waals surface area contributed by atoms with Crippen LogP contribution in [0.5, 0.6) is 0 Å². The molecule has 4 heteroatoms. The van der Waals surface area contributed by atoms with Gasteiger partial charge in [0.15, 0.2) is 0 Å². The molecule has 0 heterocycles. The van der Waals surface area contributed by atoms with Gasteiger partial charge in [0.05, 0.1) is 37.2 Å². The zero-order valence-corrected chi connectivity index (χ0v) is 19.9. The molecule has 2 atom stereocenters. The van der Waals surface area contributed by atoms with Crippen LogP contribution in [0.2, 0.25) is 0 Å². The Bertz CT molecular complexity index is 798. The summed E-state index contributed by atoms with van der Waals surface area (Å²) in [5.74, 6) is 2.77. The molecule has 0 bridgehead atoms. The summed E-state index contributed by atoms with van der Waals surface area (Å²) in [4.78, 5) is 4.87. The molecule has 0 N–H and O–H groups in total. The lowest BCUT2D eigenvalue weighted by Crippen LogP contribution is -2.30. The van der Waals surface area contributed by atoms with Crippen LogP contribution in [0.15, 0.2) is 65.7 Å². The van der Waals surface area contributed by atoms with Crippen molar-refractivity contribution in [2.75, 3.05) is 33.0 Å². The Hall–Kier alpha value is -2.45. The molecule has 2 unspecified atom stereocenters. The second-order valence-electron chi connectivity index (χ2n) is 8.59. The average molecular weight is 436 g/mol. The summed E-state index contributed by atoms with van der Waals surface area (Å²) in [6.07, 6.45) is 6.13. The first-order valence-electron chi connectivity index (χ1n) is 11.3. The van der Waals surface area contributed by atoms with Gasteiger partial charge in [-0.25, -0.2) is 0 Å². The maximum absolute atomic E-state index is 6.14. The summed E-state index contributed by atoms with van der Waals surface area (Å²) in [7, 11) is 0. The number of hydrogen-bond acceptors (Lipinski definition) is 4. The van der Waals surface area contributed by atoms with E-state index < -0.39 is 0 Å². The molecule has 4 nitrogen and oxygen atoms in total. The number of nitrogens with zero attached hydrogens (tertiary/aromatic N) is 1. The fraction of sp³-hybridized carbons (Fsp3) is 0.464. The van der Waals surface area contributed by atoms with Crippen molar-refractivity contribution in [3.05, 3.63) is 71.8 Å².